The Morgan fingerprint density at radius 1 is 1.62 bits per heavy atom. The number of nitrogens with zero attached hydrogens (tertiary/aromatic N) is 2. The lowest BCUT2D eigenvalue weighted by molar-refractivity contribution is 0.193. The maximum Gasteiger partial charge on any atom is 0.106 e. The molecule has 0 radical (unpaired) electrons. The molecule has 90 valence electrons. The van der Waals surface area contributed by atoms with E-state index < -0.39 is 6.10 Å². The molecule has 16 heavy (non-hydrogen) atoms. The molecule has 0 saturated heterocycles. The van der Waals surface area contributed by atoms with Crippen molar-refractivity contribution in [1.82, 2.24) is 9.78 Å². The Labute approximate surface area is 109 Å². The average Bonchev–Trinajstić information content (AvgIpc) is 2.86. The number of thioether (sulfide) groups is 1. The molecule has 1 unspecified atom stereocenters. The van der Waals surface area contributed by atoms with Crippen LogP contribution in [-0.4, -0.2) is 25.9 Å². The molecule has 1 N–H and O–H groups in total. The first-order valence-corrected chi connectivity index (χ1v) is 7.49. The van der Waals surface area contributed by atoms with Gasteiger partial charge in [0.15, 0.2) is 0 Å². The van der Waals surface area contributed by atoms with Gasteiger partial charge in [-0.2, -0.15) is 16.9 Å². The highest BCUT2D eigenvalue weighted by molar-refractivity contribution is 9.10. The van der Waals surface area contributed by atoms with Gasteiger partial charge in [0.2, 0.25) is 0 Å². The maximum absolute atomic E-state index is 10.1. The van der Waals surface area contributed by atoms with E-state index in [1.54, 1.807) is 10.9 Å². The molecule has 1 aromatic heterocycles. The molecular weight excluding hydrogens is 288 g/mol. The van der Waals surface area contributed by atoms with Crippen molar-refractivity contribution in [3.63, 3.8) is 0 Å². The third-order valence-electron chi connectivity index (χ3n) is 3.05. The van der Waals surface area contributed by atoms with Crippen LogP contribution in [0.3, 0.4) is 0 Å². The number of hydrogen-bond acceptors (Lipinski definition) is 3. The maximum atomic E-state index is 10.1. The zero-order valence-electron chi connectivity index (χ0n) is 9.40. The third-order valence-corrected chi connectivity index (χ3v) is 5.11. The summed E-state index contributed by atoms with van der Waals surface area (Å²) in [6.45, 7) is 0. The normalized spacial score (nSPS) is 19.2. The van der Waals surface area contributed by atoms with Crippen LogP contribution in [0.4, 0.5) is 0 Å². The quantitative estimate of drug-likeness (QED) is 0.929. The lowest BCUT2D eigenvalue weighted by atomic mass is 10.3. The van der Waals surface area contributed by atoms with Crippen LogP contribution >= 0.6 is 27.7 Å². The number of hydrogen-bond donors (Lipinski definition) is 1. The van der Waals surface area contributed by atoms with Crippen LogP contribution in [0.15, 0.2) is 10.7 Å². The molecule has 1 aromatic rings. The van der Waals surface area contributed by atoms with Crippen molar-refractivity contribution in [3.05, 3.63) is 16.4 Å². The Morgan fingerprint density at radius 3 is 2.88 bits per heavy atom. The fraction of sp³-hybridized carbons (Fsp3) is 0.727. The van der Waals surface area contributed by atoms with Crippen molar-refractivity contribution >= 4 is 27.7 Å². The van der Waals surface area contributed by atoms with Crippen LogP contribution in [-0.2, 0) is 7.05 Å². The first-order chi connectivity index (χ1) is 7.68. The Kier molecular flexibility index (Phi) is 4.33. The number of aromatic nitrogens is 2. The van der Waals surface area contributed by atoms with E-state index in [9.17, 15) is 5.11 Å². The molecule has 1 aliphatic carbocycles. The second kappa shape index (κ2) is 5.56. The molecule has 0 spiro atoms. The van der Waals surface area contributed by atoms with E-state index in [2.05, 4.69) is 21.0 Å². The van der Waals surface area contributed by atoms with E-state index >= 15 is 0 Å². The molecule has 0 aromatic carbocycles. The van der Waals surface area contributed by atoms with E-state index in [0.717, 1.165) is 21.2 Å². The summed E-state index contributed by atoms with van der Waals surface area (Å²) in [7, 11) is 1.86. The Balaban J connectivity index is 1.89. The summed E-state index contributed by atoms with van der Waals surface area (Å²) in [6, 6.07) is 0. The first-order valence-electron chi connectivity index (χ1n) is 5.65. The molecular formula is C11H17BrN2OS. The molecule has 1 aliphatic rings. The van der Waals surface area contributed by atoms with Gasteiger partial charge >= 0.3 is 0 Å². The fourth-order valence-corrected chi connectivity index (χ4v) is 4.05. The topological polar surface area (TPSA) is 38.0 Å². The van der Waals surface area contributed by atoms with Crippen LogP contribution in [0.2, 0.25) is 0 Å². The highest BCUT2D eigenvalue weighted by Crippen LogP contribution is 2.33. The number of rotatable bonds is 4. The molecule has 1 fully saturated rings. The average molecular weight is 305 g/mol. The van der Waals surface area contributed by atoms with Crippen molar-refractivity contribution in [2.75, 3.05) is 5.75 Å². The Morgan fingerprint density at radius 2 is 2.31 bits per heavy atom. The monoisotopic (exact) mass is 304 g/mol. The predicted octanol–water partition coefficient (Wildman–Crippen LogP) is 2.89. The molecule has 5 heteroatoms. The number of aliphatic hydroxyl groups is 1. The molecule has 0 amide bonds. The van der Waals surface area contributed by atoms with Crippen molar-refractivity contribution in [3.8, 4) is 0 Å². The predicted molar refractivity (Wildman–Crippen MR) is 70.6 cm³/mol. The Bertz CT molecular complexity index is 330. The smallest absolute Gasteiger partial charge is 0.106 e. The van der Waals surface area contributed by atoms with Gasteiger partial charge < -0.3 is 5.11 Å². The second-order valence-electron chi connectivity index (χ2n) is 4.26. The van der Waals surface area contributed by atoms with Gasteiger partial charge in [-0.3, -0.25) is 4.68 Å². The number of aryl methyl sites for hydroxylation is 1. The molecule has 2 rings (SSSR count). The van der Waals surface area contributed by atoms with Crippen molar-refractivity contribution < 1.29 is 5.11 Å². The second-order valence-corrected chi connectivity index (χ2v) is 6.44. The van der Waals surface area contributed by atoms with E-state index in [4.69, 9.17) is 0 Å². The van der Waals surface area contributed by atoms with Gasteiger partial charge in [-0.25, -0.2) is 0 Å². The van der Waals surface area contributed by atoms with Crippen LogP contribution < -0.4 is 0 Å². The molecule has 0 bridgehead atoms. The van der Waals surface area contributed by atoms with E-state index in [-0.39, 0.29) is 0 Å². The van der Waals surface area contributed by atoms with Crippen molar-refractivity contribution in [2.24, 2.45) is 7.05 Å². The minimum absolute atomic E-state index is 0.424. The minimum Gasteiger partial charge on any atom is -0.386 e. The van der Waals surface area contributed by atoms with Gasteiger partial charge in [-0.1, -0.05) is 12.8 Å². The summed E-state index contributed by atoms with van der Waals surface area (Å²) in [5, 5.41) is 15.0. The van der Waals surface area contributed by atoms with Gasteiger partial charge in [0.1, 0.15) is 6.10 Å². The van der Waals surface area contributed by atoms with Crippen LogP contribution in [0, 0.1) is 0 Å². The minimum atomic E-state index is -0.424. The van der Waals surface area contributed by atoms with Gasteiger partial charge in [0.05, 0.1) is 16.4 Å². The summed E-state index contributed by atoms with van der Waals surface area (Å²) in [6.07, 6.45) is 6.63. The van der Waals surface area contributed by atoms with Gasteiger partial charge in [-0.05, 0) is 28.8 Å². The zero-order valence-corrected chi connectivity index (χ0v) is 11.8. The van der Waals surface area contributed by atoms with Crippen LogP contribution in [0.5, 0.6) is 0 Å². The fourth-order valence-electron chi connectivity index (χ4n) is 2.16. The molecule has 1 heterocycles. The lowest BCUT2D eigenvalue weighted by Crippen LogP contribution is -2.10. The standard InChI is InChI=1S/C11H17BrN2OS/c1-14-11(9(12)6-13-14)10(15)7-16-8-4-2-3-5-8/h6,8,10,15H,2-5,7H2,1H3. The van der Waals surface area contributed by atoms with Crippen LogP contribution in [0.25, 0.3) is 0 Å². The van der Waals surface area contributed by atoms with Gasteiger partial charge in [0.25, 0.3) is 0 Å². The van der Waals surface area contributed by atoms with Gasteiger partial charge in [-0.15, -0.1) is 0 Å². The third kappa shape index (κ3) is 2.81. The highest BCUT2D eigenvalue weighted by atomic mass is 79.9. The van der Waals surface area contributed by atoms with E-state index in [1.165, 1.54) is 25.7 Å². The molecule has 3 nitrogen and oxygen atoms in total. The molecule has 0 aliphatic heterocycles. The van der Waals surface area contributed by atoms with E-state index in [1.807, 2.05) is 18.8 Å². The summed E-state index contributed by atoms with van der Waals surface area (Å²) in [4.78, 5) is 0. The largest absolute Gasteiger partial charge is 0.386 e. The van der Waals surface area contributed by atoms with Crippen molar-refractivity contribution in [2.45, 2.75) is 37.0 Å². The summed E-state index contributed by atoms with van der Waals surface area (Å²) in [5.74, 6) is 0.767. The lowest BCUT2D eigenvalue weighted by Gasteiger charge is -2.14. The highest BCUT2D eigenvalue weighted by Gasteiger charge is 2.20. The van der Waals surface area contributed by atoms with E-state index in [0.29, 0.717) is 0 Å². The number of halogens is 1. The first kappa shape index (κ1) is 12.5. The van der Waals surface area contributed by atoms with Crippen LogP contribution in [0.1, 0.15) is 37.5 Å². The SMILES string of the molecule is Cn1ncc(Br)c1C(O)CSC1CCCC1. The van der Waals surface area contributed by atoms with Gasteiger partial charge in [0, 0.05) is 18.1 Å². The Hall–Kier alpha value is -0.0000000000000000555. The molecule has 1 saturated carbocycles. The summed E-state index contributed by atoms with van der Waals surface area (Å²) >= 11 is 5.31. The molecule has 1 atom stereocenters. The summed E-state index contributed by atoms with van der Waals surface area (Å²) in [5.41, 5.74) is 0.880. The van der Waals surface area contributed by atoms with Crippen molar-refractivity contribution in [1.29, 1.82) is 0 Å². The summed E-state index contributed by atoms with van der Waals surface area (Å²) < 4.78 is 2.64. The zero-order chi connectivity index (χ0) is 11.5. The number of aliphatic hydroxyl groups excluding tert-OH is 1.